The van der Waals surface area contributed by atoms with Crippen LogP contribution in [0.2, 0.25) is 5.02 Å². The summed E-state index contributed by atoms with van der Waals surface area (Å²) in [4.78, 5) is 0. The highest BCUT2D eigenvalue weighted by molar-refractivity contribution is 6.30. The molecule has 0 N–H and O–H groups in total. The van der Waals surface area contributed by atoms with Crippen LogP contribution in [0.15, 0.2) is 42.5 Å². The average molecular weight is 263 g/mol. The number of ether oxygens (including phenoxy) is 2. The van der Waals surface area contributed by atoms with Crippen LogP contribution < -0.4 is 9.47 Å². The molecule has 0 aliphatic carbocycles. The summed E-state index contributed by atoms with van der Waals surface area (Å²) >= 11 is 5.82. The standard InChI is InChI=1S/C15H15ClO2/c1-11-9-15(17-2)6-3-12(11)10-18-14-7-4-13(16)5-8-14/h3-9H,10H2,1-2H3. The van der Waals surface area contributed by atoms with E-state index in [1.807, 2.05) is 49.4 Å². The quantitative estimate of drug-likeness (QED) is 0.821. The van der Waals surface area contributed by atoms with Gasteiger partial charge in [0.1, 0.15) is 18.1 Å². The van der Waals surface area contributed by atoms with Crippen LogP contribution in [0.3, 0.4) is 0 Å². The van der Waals surface area contributed by atoms with Crippen LogP contribution in [0.5, 0.6) is 11.5 Å². The van der Waals surface area contributed by atoms with E-state index < -0.39 is 0 Å². The van der Waals surface area contributed by atoms with E-state index >= 15 is 0 Å². The molecule has 0 saturated heterocycles. The lowest BCUT2D eigenvalue weighted by Gasteiger charge is -2.10. The third kappa shape index (κ3) is 3.17. The maximum absolute atomic E-state index is 5.82. The number of rotatable bonds is 4. The van der Waals surface area contributed by atoms with Gasteiger partial charge in [-0.3, -0.25) is 0 Å². The minimum Gasteiger partial charge on any atom is -0.497 e. The highest BCUT2D eigenvalue weighted by atomic mass is 35.5. The van der Waals surface area contributed by atoms with Crippen LogP contribution in [0.4, 0.5) is 0 Å². The smallest absolute Gasteiger partial charge is 0.119 e. The summed E-state index contributed by atoms with van der Waals surface area (Å²) in [5, 5.41) is 0.711. The van der Waals surface area contributed by atoms with Gasteiger partial charge in [0.25, 0.3) is 0 Å². The van der Waals surface area contributed by atoms with Gasteiger partial charge < -0.3 is 9.47 Å². The van der Waals surface area contributed by atoms with E-state index in [1.165, 1.54) is 0 Å². The first-order valence-electron chi connectivity index (χ1n) is 5.71. The lowest BCUT2D eigenvalue weighted by atomic mass is 10.1. The Morgan fingerprint density at radius 2 is 1.67 bits per heavy atom. The first-order valence-corrected chi connectivity index (χ1v) is 6.09. The fourth-order valence-corrected chi connectivity index (χ4v) is 1.78. The Bertz CT molecular complexity index is 521. The lowest BCUT2D eigenvalue weighted by Crippen LogP contribution is -1.98. The minimum atomic E-state index is 0.539. The second kappa shape index (κ2) is 5.78. The van der Waals surface area contributed by atoms with E-state index in [0.29, 0.717) is 11.6 Å². The van der Waals surface area contributed by atoms with E-state index in [0.717, 1.165) is 22.6 Å². The third-order valence-corrected chi connectivity index (χ3v) is 3.01. The van der Waals surface area contributed by atoms with Gasteiger partial charge in [-0.15, -0.1) is 0 Å². The summed E-state index contributed by atoms with van der Waals surface area (Å²) in [5.41, 5.74) is 2.30. The molecule has 0 heterocycles. The van der Waals surface area contributed by atoms with E-state index in [4.69, 9.17) is 21.1 Å². The molecule has 0 saturated carbocycles. The molecule has 18 heavy (non-hydrogen) atoms. The van der Waals surface area contributed by atoms with Gasteiger partial charge in [-0.25, -0.2) is 0 Å². The zero-order valence-corrected chi connectivity index (χ0v) is 11.2. The summed E-state index contributed by atoms with van der Waals surface area (Å²) < 4.78 is 10.9. The minimum absolute atomic E-state index is 0.539. The van der Waals surface area contributed by atoms with Crippen molar-refractivity contribution < 1.29 is 9.47 Å². The number of aryl methyl sites for hydroxylation is 1. The van der Waals surface area contributed by atoms with Crippen LogP contribution >= 0.6 is 11.6 Å². The van der Waals surface area contributed by atoms with E-state index in [1.54, 1.807) is 7.11 Å². The largest absolute Gasteiger partial charge is 0.497 e. The van der Waals surface area contributed by atoms with Gasteiger partial charge in [0, 0.05) is 5.02 Å². The third-order valence-electron chi connectivity index (χ3n) is 2.76. The van der Waals surface area contributed by atoms with Crippen molar-refractivity contribution in [2.24, 2.45) is 0 Å². The molecular formula is C15H15ClO2. The Labute approximate surface area is 112 Å². The zero-order chi connectivity index (χ0) is 13.0. The Balaban J connectivity index is 2.04. The van der Waals surface area contributed by atoms with Crippen molar-refractivity contribution in [3.63, 3.8) is 0 Å². The average Bonchev–Trinajstić information content (AvgIpc) is 2.39. The van der Waals surface area contributed by atoms with Crippen molar-refractivity contribution in [1.82, 2.24) is 0 Å². The monoisotopic (exact) mass is 262 g/mol. The number of methoxy groups -OCH3 is 1. The molecule has 0 fully saturated rings. The lowest BCUT2D eigenvalue weighted by molar-refractivity contribution is 0.305. The molecule has 0 radical (unpaired) electrons. The second-order valence-electron chi connectivity index (χ2n) is 4.04. The molecule has 0 atom stereocenters. The Morgan fingerprint density at radius 3 is 2.28 bits per heavy atom. The zero-order valence-electron chi connectivity index (χ0n) is 10.4. The number of hydrogen-bond donors (Lipinski definition) is 0. The molecule has 0 unspecified atom stereocenters. The molecule has 2 nitrogen and oxygen atoms in total. The highest BCUT2D eigenvalue weighted by Crippen LogP contribution is 2.20. The fraction of sp³-hybridized carbons (Fsp3) is 0.200. The van der Waals surface area contributed by atoms with Gasteiger partial charge in [-0.05, 0) is 54.4 Å². The molecule has 94 valence electrons. The van der Waals surface area contributed by atoms with Gasteiger partial charge in [0.15, 0.2) is 0 Å². The molecule has 0 aliphatic rings. The number of benzene rings is 2. The molecule has 3 heteroatoms. The normalized spacial score (nSPS) is 10.2. The molecule has 0 amide bonds. The Hall–Kier alpha value is -1.67. The van der Waals surface area contributed by atoms with Gasteiger partial charge in [0.05, 0.1) is 7.11 Å². The molecule has 2 rings (SSSR count). The number of hydrogen-bond acceptors (Lipinski definition) is 2. The van der Waals surface area contributed by atoms with Crippen molar-refractivity contribution in [3.05, 3.63) is 58.6 Å². The van der Waals surface area contributed by atoms with Crippen LogP contribution in [0.25, 0.3) is 0 Å². The van der Waals surface area contributed by atoms with E-state index in [-0.39, 0.29) is 0 Å². The summed E-state index contributed by atoms with van der Waals surface area (Å²) in [6.07, 6.45) is 0. The van der Waals surface area contributed by atoms with Crippen molar-refractivity contribution in [1.29, 1.82) is 0 Å². The molecule has 0 aromatic heterocycles. The summed E-state index contributed by atoms with van der Waals surface area (Å²) in [5.74, 6) is 1.68. The van der Waals surface area contributed by atoms with Crippen molar-refractivity contribution in [3.8, 4) is 11.5 Å². The first-order chi connectivity index (χ1) is 8.69. The highest BCUT2D eigenvalue weighted by Gasteiger charge is 2.02. The summed E-state index contributed by atoms with van der Waals surface area (Å²) in [6, 6.07) is 13.3. The molecular weight excluding hydrogens is 248 g/mol. The molecule has 0 spiro atoms. The maximum atomic E-state index is 5.82. The molecule has 0 bridgehead atoms. The first kappa shape index (κ1) is 12.8. The maximum Gasteiger partial charge on any atom is 0.119 e. The van der Waals surface area contributed by atoms with Gasteiger partial charge in [0.2, 0.25) is 0 Å². The number of halogens is 1. The second-order valence-corrected chi connectivity index (χ2v) is 4.47. The van der Waals surface area contributed by atoms with Crippen molar-refractivity contribution >= 4 is 11.6 Å². The van der Waals surface area contributed by atoms with E-state index in [9.17, 15) is 0 Å². The SMILES string of the molecule is COc1ccc(COc2ccc(Cl)cc2)c(C)c1. The predicted octanol–water partition coefficient (Wildman–Crippen LogP) is 4.24. The Kier molecular flexibility index (Phi) is 4.11. The fourth-order valence-electron chi connectivity index (χ4n) is 1.65. The van der Waals surface area contributed by atoms with Gasteiger partial charge in [-0.1, -0.05) is 17.7 Å². The van der Waals surface area contributed by atoms with Crippen LogP contribution in [-0.2, 0) is 6.61 Å². The molecule has 2 aromatic carbocycles. The summed E-state index contributed by atoms with van der Waals surface area (Å²) in [7, 11) is 1.67. The predicted molar refractivity (Wildman–Crippen MR) is 73.5 cm³/mol. The Morgan fingerprint density at radius 1 is 1.00 bits per heavy atom. The van der Waals surface area contributed by atoms with Crippen LogP contribution in [-0.4, -0.2) is 7.11 Å². The molecule has 2 aromatic rings. The van der Waals surface area contributed by atoms with Crippen LogP contribution in [0, 0.1) is 6.92 Å². The molecule has 0 aliphatic heterocycles. The topological polar surface area (TPSA) is 18.5 Å². The van der Waals surface area contributed by atoms with Crippen molar-refractivity contribution in [2.45, 2.75) is 13.5 Å². The summed E-state index contributed by atoms with van der Waals surface area (Å²) in [6.45, 7) is 2.58. The van der Waals surface area contributed by atoms with Crippen LogP contribution in [0.1, 0.15) is 11.1 Å². The van der Waals surface area contributed by atoms with Crippen molar-refractivity contribution in [2.75, 3.05) is 7.11 Å². The van der Waals surface area contributed by atoms with E-state index in [2.05, 4.69) is 0 Å². The van der Waals surface area contributed by atoms with Gasteiger partial charge in [-0.2, -0.15) is 0 Å². The van der Waals surface area contributed by atoms with Gasteiger partial charge >= 0.3 is 0 Å².